The number of carbonyl (C=O) groups is 2. The van der Waals surface area contributed by atoms with Gasteiger partial charge in [0, 0.05) is 29.8 Å². The maximum atomic E-state index is 12.6. The molecule has 2 amide bonds. The zero-order valence-corrected chi connectivity index (χ0v) is 16.3. The summed E-state index contributed by atoms with van der Waals surface area (Å²) in [6.07, 6.45) is 1.71. The van der Waals surface area contributed by atoms with Gasteiger partial charge in [-0.25, -0.2) is 0 Å². The molecule has 9 heteroatoms. The van der Waals surface area contributed by atoms with Crippen molar-refractivity contribution in [1.29, 1.82) is 0 Å². The van der Waals surface area contributed by atoms with Gasteiger partial charge < -0.3 is 15.7 Å². The van der Waals surface area contributed by atoms with Gasteiger partial charge in [0.25, 0.3) is 17.5 Å². The van der Waals surface area contributed by atoms with Gasteiger partial charge in [-0.15, -0.1) is 0 Å². The van der Waals surface area contributed by atoms with E-state index in [0.717, 1.165) is 0 Å². The highest BCUT2D eigenvalue weighted by molar-refractivity contribution is 9.10. The number of halogens is 1. The van der Waals surface area contributed by atoms with Crippen molar-refractivity contribution in [2.75, 3.05) is 13.2 Å². The number of aliphatic hydroxyl groups excluding tert-OH is 1. The molecule has 28 heavy (non-hydrogen) atoms. The number of nitrogens with one attached hydrogen (secondary N) is 2. The molecule has 3 N–H and O–H groups in total. The molecule has 0 bridgehead atoms. The number of amides is 2. The van der Waals surface area contributed by atoms with Gasteiger partial charge in [0.1, 0.15) is 5.70 Å². The summed E-state index contributed by atoms with van der Waals surface area (Å²) in [4.78, 5) is 35.4. The molecule has 2 aromatic carbocycles. The number of nitrogens with zero attached hydrogens (tertiary/aromatic N) is 1. The van der Waals surface area contributed by atoms with Crippen LogP contribution in [0.1, 0.15) is 22.3 Å². The van der Waals surface area contributed by atoms with E-state index in [1.54, 1.807) is 30.3 Å². The van der Waals surface area contributed by atoms with Crippen LogP contribution in [0.3, 0.4) is 0 Å². The predicted molar refractivity (Wildman–Crippen MR) is 107 cm³/mol. The molecule has 146 valence electrons. The van der Waals surface area contributed by atoms with Crippen LogP contribution < -0.4 is 10.6 Å². The summed E-state index contributed by atoms with van der Waals surface area (Å²) in [5.74, 6) is -1.08. The standard InChI is InChI=1S/C19H18BrN3O5/c20-16-8-2-1-7-15(16)18(25)22-17(19(26)21-9-4-10-24)12-13-5-3-6-14(11-13)23(27)28/h1-3,5-8,11-12,24H,4,9-10H2,(H,21,26)(H,22,25)/b17-12+. The Morgan fingerprint density at radius 2 is 1.93 bits per heavy atom. The minimum Gasteiger partial charge on any atom is -0.396 e. The van der Waals surface area contributed by atoms with Crippen molar-refractivity contribution in [2.24, 2.45) is 0 Å². The number of nitro benzene ring substituents is 1. The van der Waals surface area contributed by atoms with Crippen LogP contribution in [0.15, 0.2) is 58.7 Å². The lowest BCUT2D eigenvalue weighted by atomic mass is 10.1. The normalized spacial score (nSPS) is 11.0. The van der Waals surface area contributed by atoms with Gasteiger partial charge in [-0.1, -0.05) is 24.3 Å². The molecular formula is C19H18BrN3O5. The molecule has 0 aliphatic carbocycles. The molecule has 0 aliphatic rings. The van der Waals surface area contributed by atoms with Crippen LogP contribution in [0.2, 0.25) is 0 Å². The molecule has 0 aromatic heterocycles. The maximum Gasteiger partial charge on any atom is 0.270 e. The van der Waals surface area contributed by atoms with Crippen molar-refractivity contribution in [2.45, 2.75) is 6.42 Å². The molecule has 0 fully saturated rings. The molecule has 0 saturated carbocycles. The van der Waals surface area contributed by atoms with Gasteiger partial charge in [0.2, 0.25) is 0 Å². The third kappa shape index (κ3) is 6.00. The lowest BCUT2D eigenvalue weighted by molar-refractivity contribution is -0.384. The summed E-state index contributed by atoms with van der Waals surface area (Å²) in [5, 5.41) is 24.9. The first kappa shape index (κ1) is 21.3. The molecule has 2 rings (SSSR count). The van der Waals surface area contributed by atoms with E-state index in [0.29, 0.717) is 22.0 Å². The number of nitro groups is 1. The molecule has 0 aliphatic heterocycles. The molecule has 2 aromatic rings. The molecular weight excluding hydrogens is 430 g/mol. The Balaban J connectivity index is 2.32. The third-order valence-corrected chi connectivity index (χ3v) is 4.32. The second-order valence-corrected chi connectivity index (χ2v) is 6.53. The Hall–Kier alpha value is -3.04. The maximum absolute atomic E-state index is 12.6. The summed E-state index contributed by atoms with van der Waals surface area (Å²) in [6, 6.07) is 12.4. The summed E-state index contributed by atoms with van der Waals surface area (Å²) >= 11 is 3.28. The highest BCUT2D eigenvalue weighted by Gasteiger charge is 2.16. The van der Waals surface area contributed by atoms with E-state index in [1.807, 2.05) is 0 Å². The van der Waals surface area contributed by atoms with E-state index < -0.39 is 16.7 Å². The molecule has 0 saturated heterocycles. The third-order valence-electron chi connectivity index (χ3n) is 3.62. The summed E-state index contributed by atoms with van der Waals surface area (Å²) < 4.78 is 0.558. The van der Waals surface area contributed by atoms with Gasteiger partial charge >= 0.3 is 0 Å². The highest BCUT2D eigenvalue weighted by atomic mass is 79.9. The number of aliphatic hydroxyl groups is 1. The first-order valence-corrected chi connectivity index (χ1v) is 9.12. The number of hydrogen-bond donors (Lipinski definition) is 3. The predicted octanol–water partition coefficient (Wildman–Crippen LogP) is 2.63. The lowest BCUT2D eigenvalue weighted by Gasteiger charge is -2.12. The average molecular weight is 448 g/mol. The van der Waals surface area contributed by atoms with Crippen LogP contribution in [0.5, 0.6) is 0 Å². The van der Waals surface area contributed by atoms with Crippen LogP contribution >= 0.6 is 15.9 Å². The Morgan fingerprint density at radius 3 is 2.61 bits per heavy atom. The first-order chi connectivity index (χ1) is 13.4. The zero-order valence-electron chi connectivity index (χ0n) is 14.7. The Bertz CT molecular complexity index is 914. The van der Waals surface area contributed by atoms with Crippen molar-refractivity contribution in [1.82, 2.24) is 10.6 Å². The van der Waals surface area contributed by atoms with Gasteiger partial charge in [-0.05, 0) is 46.1 Å². The summed E-state index contributed by atoms with van der Waals surface area (Å²) in [7, 11) is 0. The van der Waals surface area contributed by atoms with E-state index in [4.69, 9.17) is 5.11 Å². The number of carbonyl (C=O) groups excluding carboxylic acids is 2. The van der Waals surface area contributed by atoms with Crippen LogP contribution in [0, 0.1) is 10.1 Å². The Labute approximate surface area is 169 Å². The smallest absolute Gasteiger partial charge is 0.270 e. The van der Waals surface area contributed by atoms with E-state index in [-0.39, 0.29) is 24.5 Å². The van der Waals surface area contributed by atoms with Crippen molar-refractivity contribution in [3.05, 3.63) is 79.9 Å². The van der Waals surface area contributed by atoms with Gasteiger partial charge in [-0.3, -0.25) is 19.7 Å². The van der Waals surface area contributed by atoms with E-state index >= 15 is 0 Å². The molecule has 8 nitrogen and oxygen atoms in total. The topological polar surface area (TPSA) is 122 Å². The minimum atomic E-state index is -0.569. The minimum absolute atomic E-state index is 0.0702. The van der Waals surface area contributed by atoms with E-state index in [9.17, 15) is 19.7 Å². The van der Waals surface area contributed by atoms with Gasteiger partial charge in [0.05, 0.1) is 10.5 Å². The van der Waals surface area contributed by atoms with Crippen LogP contribution in [-0.2, 0) is 4.79 Å². The van der Waals surface area contributed by atoms with Crippen LogP contribution in [0.4, 0.5) is 5.69 Å². The zero-order chi connectivity index (χ0) is 20.5. The number of benzene rings is 2. The molecule has 0 spiro atoms. The summed E-state index contributed by atoms with van der Waals surface area (Å²) in [5.41, 5.74) is 0.509. The molecule has 0 heterocycles. The van der Waals surface area contributed by atoms with Crippen LogP contribution in [-0.4, -0.2) is 35.0 Å². The highest BCUT2D eigenvalue weighted by Crippen LogP contribution is 2.18. The molecule has 0 radical (unpaired) electrons. The number of non-ortho nitro benzene ring substituents is 1. The SMILES string of the molecule is O=C(NCCCO)/C(=C\c1cccc([N+](=O)[O-])c1)NC(=O)c1ccccc1Br. The van der Waals surface area contributed by atoms with Crippen molar-refractivity contribution < 1.29 is 19.6 Å². The Kier molecular flexibility index (Phi) is 7.85. The fourth-order valence-corrected chi connectivity index (χ4v) is 2.73. The van der Waals surface area contributed by atoms with Crippen molar-refractivity contribution in [3.63, 3.8) is 0 Å². The van der Waals surface area contributed by atoms with Crippen molar-refractivity contribution >= 4 is 39.5 Å². The van der Waals surface area contributed by atoms with E-state index in [1.165, 1.54) is 24.3 Å². The second kappa shape index (κ2) is 10.3. The Morgan fingerprint density at radius 1 is 1.18 bits per heavy atom. The van der Waals surface area contributed by atoms with Gasteiger partial charge in [0.15, 0.2) is 0 Å². The average Bonchev–Trinajstić information content (AvgIpc) is 2.68. The van der Waals surface area contributed by atoms with E-state index in [2.05, 4.69) is 26.6 Å². The van der Waals surface area contributed by atoms with Crippen LogP contribution in [0.25, 0.3) is 6.08 Å². The largest absolute Gasteiger partial charge is 0.396 e. The fraction of sp³-hybridized carbons (Fsp3) is 0.158. The van der Waals surface area contributed by atoms with Crippen molar-refractivity contribution in [3.8, 4) is 0 Å². The quantitative estimate of drug-likeness (QED) is 0.248. The molecule has 0 atom stereocenters. The first-order valence-electron chi connectivity index (χ1n) is 8.33. The monoisotopic (exact) mass is 447 g/mol. The fourth-order valence-electron chi connectivity index (χ4n) is 2.26. The van der Waals surface area contributed by atoms with Gasteiger partial charge in [-0.2, -0.15) is 0 Å². The molecule has 0 unspecified atom stereocenters. The lowest BCUT2D eigenvalue weighted by Crippen LogP contribution is -2.35. The summed E-state index contributed by atoms with van der Waals surface area (Å²) in [6.45, 7) is 0.125. The number of hydrogen-bond acceptors (Lipinski definition) is 5. The number of rotatable bonds is 8. The second-order valence-electron chi connectivity index (χ2n) is 5.68.